The summed E-state index contributed by atoms with van der Waals surface area (Å²) < 4.78 is 11.0. The van der Waals surface area contributed by atoms with Crippen molar-refractivity contribution in [2.24, 2.45) is 5.73 Å². The zero-order valence-corrected chi connectivity index (χ0v) is 11.5. The maximum absolute atomic E-state index is 5.95. The van der Waals surface area contributed by atoms with Crippen LogP contribution in [0.2, 0.25) is 0 Å². The highest BCUT2D eigenvalue weighted by molar-refractivity contribution is 5.43. The molecule has 0 bridgehead atoms. The van der Waals surface area contributed by atoms with Gasteiger partial charge in [0.2, 0.25) is 0 Å². The SMILES string of the molecule is C=CC(C)Oc1ccc(CC(N)CC)cc1OC. The first-order valence-corrected chi connectivity index (χ1v) is 6.32. The lowest BCUT2D eigenvalue weighted by molar-refractivity contribution is 0.254. The van der Waals surface area contributed by atoms with Gasteiger partial charge >= 0.3 is 0 Å². The van der Waals surface area contributed by atoms with Crippen molar-refractivity contribution in [2.75, 3.05) is 7.11 Å². The molecule has 0 fully saturated rings. The van der Waals surface area contributed by atoms with E-state index in [1.165, 1.54) is 5.56 Å². The topological polar surface area (TPSA) is 44.5 Å². The molecule has 18 heavy (non-hydrogen) atoms. The quantitative estimate of drug-likeness (QED) is 0.756. The largest absolute Gasteiger partial charge is 0.493 e. The van der Waals surface area contributed by atoms with E-state index < -0.39 is 0 Å². The summed E-state index contributed by atoms with van der Waals surface area (Å²) in [5, 5.41) is 0. The Hall–Kier alpha value is -1.48. The van der Waals surface area contributed by atoms with Gasteiger partial charge in [-0.05, 0) is 37.5 Å². The first kappa shape index (κ1) is 14.6. The molecular weight excluding hydrogens is 226 g/mol. The molecule has 1 aromatic carbocycles. The van der Waals surface area contributed by atoms with E-state index in [1.807, 2.05) is 25.1 Å². The van der Waals surface area contributed by atoms with E-state index in [-0.39, 0.29) is 12.1 Å². The number of methoxy groups -OCH3 is 1. The van der Waals surface area contributed by atoms with E-state index in [4.69, 9.17) is 15.2 Å². The van der Waals surface area contributed by atoms with Gasteiger partial charge in [-0.15, -0.1) is 0 Å². The van der Waals surface area contributed by atoms with Gasteiger partial charge in [-0.1, -0.05) is 25.6 Å². The fourth-order valence-electron chi connectivity index (χ4n) is 1.63. The molecule has 1 rings (SSSR count). The lowest BCUT2D eigenvalue weighted by Gasteiger charge is -2.16. The van der Waals surface area contributed by atoms with Crippen molar-refractivity contribution in [1.29, 1.82) is 0 Å². The van der Waals surface area contributed by atoms with Gasteiger partial charge in [-0.3, -0.25) is 0 Å². The highest BCUT2D eigenvalue weighted by atomic mass is 16.5. The molecule has 0 radical (unpaired) electrons. The van der Waals surface area contributed by atoms with Crippen LogP contribution in [0.5, 0.6) is 11.5 Å². The number of hydrogen-bond acceptors (Lipinski definition) is 3. The minimum Gasteiger partial charge on any atom is -0.493 e. The summed E-state index contributed by atoms with van der Waals surface area (Å²) in [7, 11) is 1.64. The number of hydrogen-bond donors (Lipinski definition) is 1. The molecule has 3 heteroatoms. The number of rotatable bonds is 7. The summed E-state index contributed by atoms with van der Waals surface area (Å²) in [6.07, 6.45) is 3.53. The van der Waals surface area contributed by atoms with E-state index in [0.29, 0.717) is 0 Å². The molecule has 0 aliphatic rings. The molecule has 0 amide bonds. The number of ether oxygens (including phenoxy) is 2. The molecule has 0 spiro atoms. The van der Waals surface area contributed by atoms with E-state index in [2.05, 4.69) is 13.5 Å². The van der Waals surface area contributed by atoms with Crippen LogP contribution in [0.3, 0.4) is 0 Å². The Labute approximate surface area is 110 Å². The van der Waals surface area contributed by atoms with Crippen LogP contribution in [-0.4, -0.2) is 19.3 Å². The highest BCUT2D eigenvalue weighted by Gasteiger charge is 2.09. The van der Waals surface area contributed by atoms with Crippen LogP contribution >= 0.6 is 0 Å². The van der Waals surface area contributed by atoms with Gasteiger partial charge in [0.05, 0.1) is 7.11 Å². The van der Waals surface area contributed by atoms with Crippen LogP contribution in [0.15, 0.2) is 30.9 Å². The smallest absolute Gasteiger partial charge is 0.162 e. The van der Waals surface area contributed by atoms with Gasteiger partial charge < -0.3 is 15.2 Å². The third kappa shape index (κ3) is 4.08. The van der Waals surface area contributed by atoms with Crippen molar-refractivity contribution < 1.29 is 9.47 Å². The van der Waals surface area contributed by atoms with Crippen LogP contribution in [0, 0.1) is 0 Å². The molecule has 100 valence electrons. The molecule has 0 saturated carbocycles. The summed E-state index contributed by atoms with van der Waals surface area (Å²) in [4.78, 5) is 0. The van der Waals surface area contributed by atoms with Crippen LogP contribution in [0.25, 0.3) is 0 Å². The second-order valence-electron chi connectivity index (χ2n) is 4.42. The predicted octanol–water partition coefficient (Wildman–Crippen LogP) is 2.93. The van der Waals surface area contributed by atoms with Crippen molar-refractivity contribution in [2.45, 2.75) is 38.8 Å². The van der Waals surface area contributed by atoms with Crippen LogP contribution in [-0.2, 0) is 6.42 Å². The molecule has 2 atom stereocenters. The van der Waals surface area contributed by atoms with E-state index in [0.717, 1.165) is 24.3 Å². The molecule has 0 saturated heterocycles. The third-order valence-corrected chi connectivity index (χ3v) is 2.90. The van der Waals surface area contributed by atoms with E-state index in [9.17, 15) is 0 Å². The summed E-state index contributed by atoms with van der Waals surface area (Å²) in [6, 6.07) is 6.13. The highest BCUT2D eigenvalue weighted by Crippen LogP contribution is 2.29. The van der Waals surface area contributed by atoms with Crippen molar-refractivity contribution in [1.82, 2.24) is 0 Å². The van der Waals surface area contributed by atoms with Crippen molar-refractivity contribution in [3.63, 3.8) is 0 Å². The zero-order chi connectivity index (χ0) is 13.5. The van der Waals surface area contributed by atoms with Crippen molar-refractivity contribution >= 4 is 0 Å². The number of nitrogens with two attached hydrogens (primary N) is 1. The molecule has 2 N–H and O–H groups in total. The van der Waals surface area contributed by atoms with Crippen LogP contribution in [0.1, 0.15) is 25.8 Å². The third-order valence-electron chi connectivity index (χ3n) is 2.90. The van der Waals surface area contributed by atoms with Gasteiger partial charge in [0.25, 0.3) is 0 Å². The van der Waals surface area contributed by atoms with Crippen molar-refractivity contribution in [3.8, 4) is 11.5 Å². The van der Waals surface area contributed by atoms with Crippen molar-refractivity contribution in [3.05, 3.63) is 36.4 Å². The summed E-state index contributed by atoms with van der Waals surface area (Å²) in [5.74, 6) is 1.48. The molecule has 3 nitrogen and oxygen atoms in total. The number of benzene rings is 1. The lowest BCUT2D eigenvalue weighted by atomic mass is 10.0. The monoisotopic (exact) mass is 249 g/mol. The second kappa shape index (κ2) is 7.07. The minimum atomic E-state index is -0.0392. The first-order valence-electron chi connectivity index (χ1n) is 6.32. The Kier molecular flexibility index (Phi) is 5.72. The average Bonchev–Trinajstić information content (AvgIpc) is 2.39. The molecule has 0 aliphatic heterocycles. The molecule has 1 aromatic rings. The van der Waals surface area contributed by atoms with Crippen LogP contribution < -0.4 is 15.2 Å². The summed E-state index contributed by atoms with van der Waals surface area (Å²) in [6.45, 7) is 7.72. The Balaban J connectivity index is 2.85. The van der Waals surface area contributed by atoms with Gasteiger partial charge in [-0.2, -0.15) is 0 Å². The lowest BCUT2D eigenvalue weighted by Crippen LogP contribution is -2.21. The maximum atomic E-state index is 5.95. The van der Waals surface area contributed by atoms with Gasteiger partial charge in [0, 0.05) is 6.04 Å². The Bertz CT molecular complexity index is 390. The zero-order valence-electron chi connectivity index (χ0n) is 11.5. The standard InChI is InChI=1S/C15H23NO2/c1-5-11(3)18-14-8-7-12(9-13(16)6-2)10-15(14)17-4/h5,7-8,10-11,13H,1,6,9,16H2,2-4H3. The van der Waals surface area contributed by atoms with E-state index >= 15 is 0 Å². The Morgan fingerprint density at radius 2 is 2.11 bits per heavy atom. The minimum absolute atomic E-state index is 0.0392. The second-order valence-corrected chi connectivity index (χ2v) is 4.42. The fourth-order valence-corrected chi connectivity index (χ4v) is 1.63. The normalized spacial score (nSPS) is 13.8. The van der Waals surface area contributed by atoms with Gasteiger partial charge in [-0.25, -0.2) is 0 Å². The summed E-state index contributed by atoms with van der Waals surface area (Å²) >= 11 is 0. The Morgan fingerprint density at radius 3 is 2.67 bits per heavy atom. The molecule has 0 aliphatic carbocycles. The maximum Gasteiger partial charge on any atom is 0.162 e. The molecular formula is C15H23NO2. The Morgan fingerprint density at radius 1 is 1.39 bits per heavy atom. The fraction of sp³-hybridized carbons (Fsp3) is 0.467. The van der Waals surface area contributed by atoms with Gasteiger partial charge in [0.1, 0.15) is 6.10 Å². The van der Waals surface area contributed by atoms with E-state index in [1.54, 1.807) is 13.2 Å². The van der Waals surface area contributed by atoms with Crippen LogP contribution in [0.4, 0.5) is 0 Å². The molecule has 0 aromatic heterocycles. The summed E-state index contributed by atoms with van der Waals surface area (Å²) in [5.41, 5.74) is 7.12. The average molecular weight is 249 g/mol. The predicted molar refractivity (Wildman–Crippen MR) is 75.3 cm³/mol. The van der Waals surface area contributed by atoms with Gasteiger partial charge in [0.15, 0.2) is 11.5 Å². The first-order chi connectivity index (χ1) is 8.60. The molecule has 2 unspecified atom stereocenters. The molecule has 0 heterocycles.